The van der Waals surface area contributed by atoms with Crippen molar-refractivity contribution in [2.75, 3.05) is 26.0 Å². The molecule has 2 heterocycles. The zero-order valence-corrected chi connectivity index (χ0v) is 15.4. The molecule has 2 aromatic heterocycles. The number of amides is 1. The molecule has 7 heteroatoms. The smallest absolute Gasteiger partial charge is 0.267 e. The summed E-state index contributed by atoms with van der Waals surface area (Å²) in [5, 5.41) is 8.03. The van der Waals surface area contributed by atoms with Crippen molar-refractivity contribution in [2.45, 2.75) is 13.5 Å². The lowest BCUT2D eigenvalue weighted by Crippen LogP contribution is -2.18. The number of anilines is 1. The molecule has 0 aliphatic heterocycles. The van der Waals surface area contributed by atoms with Crippen molar-refractivity contribution >= 4 is 22.9 Å². The molecule has 3 rings (SSSR count). The van der Waals surface area contributed by atoms with Crippen LogP contribution in [0.2, 0.25) is 0 Å². The summed E-state index contributed by atoms with van der Waals surface area (Å²) in [5.41, 5.74) is 2.45. The Labute approximate surface area is 151 Å². The van der Waals surface area contributed by atoms with Crippen LogP contribution in [0.3, 0.4) is 0 Å². The van der Waals surface area contributed by atoms with Gasteiger partial charge >= 0.3 is 0 Å². The van der Waals surface area contributed by atoms with E-state index in [0.717, 1.165) is 29.4 Å². The third kappa shape index (κ3) is 4.32. The van der Waals surface area contributed by atoms with Crippen LogP contribution in [0.4, 0.5) is 5.69 Å². The fraction of sp³-hybridized carbons (Fsp3) is 0.278. The number of thiazole rings is 1. The Morgan fingerprint density at radius 2 is 2.04 bits per heavy atom. The van der Waals surface area contributed by atoms with E-state index in [-0.39, 0.29) is 5.91 Å². The predicted octanol–water partition coefficient (Wildman–Crippen LogP) is 3.13. The first kappa shape index (κ1) is 17.3. The highest BCUT2D eigenvalue weighted by Gasteiger charge is 2.17. The Morgan fingerprint density at radius 3 is 2.76 bits per heavy atom. The molecule has 0 bridgehead atoms. The number of hydrogen-bond donors (Lipinski definition) is 1. The maximum atomic E-state index is 12.6. The SMILES string of the molecule is Cc1nc(-c2ccccc2)sc1C(=O)Nc1cnn(CCN(C)C)c1. The highest BCUT2D eigenvalue weighted by Crippen LogP contribution is 2.28. The number of hydrogen-bond acceptors (Lipinski definition) is 5. The van der Waals surface area contributed by atoms with Gasteiger partial charge in [0.15, 0.2) is 0 Å². The summed E-state index contributed by atoms with van der Waals surface area (Å²) >= 11 is 1.40. The number of rotatable bonds is 6. The monoisotopic (exact) mass is 355 g/mol. The summed E-state index contributed by atoms with van der Waals surface area (Å²) in [4.78, 5) is 19.8. The summed E-state index contributed by atoms with van der Waals surface area (Å²) in [6.45, 7) is 3.53. The maximum Gasteiger partial charge on any atom is 0.267 e. The Bertz CT molecular complexity index is 853. The summed E-state index contributed by atoms with van der Waals surface area (Å²) in [5.74, 6) is -0.149. The van der Waals surface area contributed by atoms with E-state index >= 15 is 0 Å². The highest BCUT2D eigenvalue weighted by molar-refractivity contribution is 7.17. The molecular weight excluding hydrogens is 334 g/mol. The third-order valence-corrected chi connectivity index (χ3v) is 4.90. The largest absolute Gasteiger partial charge is 0.319 e. The summed E-state index contributed by atoms with van der Waals surface area (Å²) < 4.78 is 1.82. The zero-order valence-electron chi connectivity index (χ0n) is 14.6. The normalized spacial score (nSPS) is 11.0. The van der Waals surface area contributed by atoms with Crippen LogP contribution in [-0.4, -0.2) is 46.2 Å². The van der Waals surface area contributed by atoms with E-state index in [1.807, 2.05) is 62.2 Å². The minimum absolute atomic E-state index is 0.149. The second kappa shape index (κ2) is 7.58. The topological polar surface area (TPSA) is 63.1 Å². The summed E-state index contributed by atoms with van der Waals surface area (Å²) in [6, 6.07) is 9.89. The van der Waals surface area contributed by atoms with Crippen LogP contribution in [-0.2, 0) is 6.54 Å². The molecule has 0 saturated carbocycles. The lowest BCUT2D eigenvalue weighted by molar-refractivity contribution is 0.103. The van der Waals surface area contributed by atoms with Gasteiger partial charge in [-0.15, -0.1) is 11.3 Å². The van der Waals surface area contributed by atoms with E-state index in [2.05, 4.69) is 20.3 Å². The van der Waals surface area contributed by atoms with Crippen molar-refractivity contribution in [1.29, 1.82) is 0 Å². The van der Waals surface area contributed by atoms with Crippen LogP contribution in [0.25, 0.3) is 10.6 Å². The molecule has 1 amide bonds. The molecule has 6 nitrogen and oxygen atoms in total. The van der Waals surface area contributed by atoms with Gasteiger partial charge in [-0.2, -0.15) is 5.10 Å². The number of carbonyl (C=O) groups excluding carboxylic acids is 1. The second-order valence-electron chi connectivity index (χ2n) is 6.05. The zero-order chi connectivity index (χ0) is 17.8. The summed E-state index contributed by atoms with van der Waals surface area (Å²) in [6.07, 6.45) is 3.51. The molecule has 0 aliphatic rings. The number of nitrogens with one attached hydrogen (secondary N) is 1. The van der Waals surface area contributed by atoms with Gasteiger partial charge in [0.25, 0.3) is 5.91 Å². The quantitative estimate of drug-likeness (QED) is 0.738. The van der Waals surface area contributed by atoms with Crippen LogP contribution in [0, 0.1) is 6.92 Å². The first-order valence-electron chi connectivity index (χ1n) is 8.04. The van der Waals surface area contributed by atoms with Gasteiger partial charge in [0.2, 0.25) is 0 Å². The van der Waals surface area contributed by atoms with E-state index in [4.69, 9.17) is 0 Å². The number of likely N-dealkylation sites (N-methyl/N-ethyl adjacent to an activating group) is 1. The van der Waals surface area contributed by atoms with Crippen LogP contribution < -0.4 is 5.32 Å². The lowest BCUT2D eigenvalue weighted by atomic mass is 10.2. The van der Waals surface area contributed by atoms with Crippen molar-refractivity contribution in [1.82, 2.24) is 19.7 Å². The second-order valence-corrected chi connectivity index (χ2v) is 7.05. The van der Waals surface area contributed by atoms with E-state index in [1.54, 1.807) is 6.20 Å². The van der Waals surface area contributed by atoms with E-state index in [9.17, 15) is 4.79 Å². The number of benzene rings is 1. The molecule has 0 aliphatic carbocycles. The van der Waals surface area contributed by atoms with Crippen molar-refractivity contribution in [3.63, 3.8) is 0 Å². The first-order valence-corrected chi connectivity index (χ1v) is 8.86. The van der Waals surface area contributed by atoms with Crippen LogP contribution in [0.15, 0.2) is 42.7 Å². The third-order valence-electron chi connectivity index (χ3n) is 3.69. The van der Waals surface area contributed by atoms with Gasteiger partial charge in [0.1, 0.15) is 9.88 Å². The van der Waals surface area contributed by atoms with Gasteiger partial charge in [-0.25, -0.2) is 4.98 Å². The van der Waals surface area contributed by atoms with Crippen molar-refractivity contribution in [3.8, 4) is 10.6 Å². The lowest BCUT2D eigenvalue weighted by Gasteiger charge is -2.08. The number of nitrogens with zero attached hydrogens (tertiary/aromatic N) is 4. The predicted molar refractivity (Wildman–Crippen MR) is 101 cm³/mol. The fourth-order valence-electron chi connectivity index (χ4n) is 2.35. The molecule has 0 fully saturated rings. The molecule has 0 spiro atoms. The molecule has 130 valence electrons. The van der Waals surface area contributed by atoms with Gasteiger partial charge < -0.3 is 10.2 Å². The van der Waals surface area contributed by atoms with Crippen LogP contribution >= 0.6 is 11.3 Å². The van der Waals surface area contributed by atoms with Gasteiger partial charge in [-0.3, -0.25) is 9.48 Å². The average Bonchev–Trinajstić information content (AvgIpc) is 3.20. The fourth-order valence-corrected chi connectivity index (χ4v) is 3.32. The minimum Gasteiger partial charge on any atom is -0.319 e. The molecule has 0 radical (unpaired) electrons. The Morgan fingerprint density at radius 1 is 1.28 bits per heavy atom. The Kier molecular flexibility index (Phi) is 5.25. The average molecular weight is 355 g/mol. The molecule has 0 atom stereocenters. The number of aryl methyl sites for hydroxylation is 1. The van der Waals surface area contributed by atoms with Crippen molar-refractivity contribution in [3.05, 3.63) is 53.3 Å². The Balaban J connectivity index is 1.70. The van der Waals surface area contributed by atoms with Crippen LogP contribution in [0.5, 0.6) is 0 Å². The molecule has 0 saturated heterocycles. The summed E-state index contributed by atoms with van der Waals surface area (Å²) in [7, 11) is 4.03. The minimum atomic E-state index is -0.149. The van der Waals surface area contributed by atoms with E-state index < -0.39 is 0 Å². The van der Waals surface area contributed by atoms with Crippen molar-refractivity contribution < 1.29 is 4.79 Å². The van der Waals surface area contributed by atoms with Crippen LogP contribution in [0.1, 0.15) is 15.4 Å². The number of carbonyl (C=O) groups is 1. The molecule has 25 heavy (non-hydrogen) atoms. The molecule has 3 aromatic rings. The maximum absolute atomic E-state index is 12.6. The number of aromatic nitrogens is 3. The molecule has 0 unspecified atom stereocenters. The van der Waals surface area contributed by atoms with Gasteiger partial charge in [-0.1, -0.05) is 30.3 Å². The molecule has 1 N–H and O–H groups in total. The van der Waals surface area contributed by atoms with Gasteiger partial charge in [-0.05, 0) is 21.0 Å². The standard InChI is InChI=1S/C18H21N5OS/c1-13-16(25-18(20-13)14-7-5-4-6-8-14)17(24)21-15-11-19-23(12-15)10-9-22(2)3/h4-8,11-12H,9-10H2,1-3H3,(H,21,24). The van der Waals surface area contributed by atoms with E-state index in [0.29, 0.717) is 10.6 Å². The molecule has 1 aromatic carbocycles. The van der Waals surface area contributed by atoms with E-state index in [1.165, 1.54) is 11.3 Å². The highest BCUT2D eigenvalue weighted by atomic mass is 32.1. The first-order chi connectivity index (χ1) is 12.0. The van der Waals surface area contributed by atoms with Gasteiger partial charge in [0.05, 0.1) is 24.1 Å². The van der Waals surface area contributed by atoms with Crippen molar-refractivity contribution in [2.24, 2.45) is 0 Å². The molecular formula is C18H21N5OS. The Hall–Kier alpha value is -2.51. The van der Waals surface area contributed by atoms with Gasteiger partial charge in [0, 0.05) is 18.3 Å².